The van der Waals surface area contributed by atoms with E-state index >= 15 is 0 Å². The van der Waals surface area contributed by atoms with Crippen molar-refractivity contribution in [3.63, 3.8) is 0 Å². The summed E-state index contributed by atoms with van der Waals surface area (Å²) in [6.45, 7) is 3.89. The number of carbonyl (C=O) groups is 1. The standard InChI is InChI=1S/C14H20N4O/c15-12-3-1-2-11(14(16)19)13(12)18-8-6-17(7-9-18)10-4-5-10/h1-3,10H,4-9,15H2,(H2,16,19). The maximum atomic E-state index is 11.5. The summed E-state index contributed by atoms with van der Waals surface area (Å²) in [4.78, 5) is 16.2. The molecular formula is C14H20N4O. The average Bonchev–Trinajstić information content (AvgIpc) is 3.23. The molecule has 1 aromatic carbocycles. The van der Waals surface area contributed by atoms with Crippen LogP contribution in [-0.2, 0) is 0 Å². The summed E-state index contributed by atoms with van der Waals surface area (Å²) in [6, 6.07) is 6.15. The molecule has 4 N–H and O–H groups in total. The Morgan fingerprint density at radius 3 is 2.42 bits per heavy atom. The van der Waals surface area contributed by atoms with E-state index in [1.807, 2.05) is 6.07 Å². The molecule has 19 heavy (non-hydrogen) atoms. The third kappa shape index (κ3) is 2.38. The first-order chi connectivity index (χ1) is 9.16. The van der Waals surface area contributed by atoms with Crippen molar-refractivity contribution in [3.8, 4) is 0 Å². The molecule has 2 aliphatic rings. The average molecular weight is 260 g/mol. The van der Waals surface area contributed by atoms with E-state index in [1.165, 1.54) is 12.8 Å². The molecule has 1 saturated heterocycles. The van der Waals surface area contributed by atoms with Gasteiger partial charge in [0, 0.05) is 32.2 Å². The van der Waals surface area contributed by atoms with E-state index in [1.54, 1.807) is 12.1 Å². The molecule has 1 saturated carbocycles. The van der Waals surface area contributed by atoms with Crippen molar-refractivity contribution < 1.29 is 4.79 Å². The van der Waals surface area contributed by atoms with Crippen LogP contribution in [-0.4, -0.2) is 43.0 Å². The highest BCUT2D eigenvalue weighted by atomic mass is 16.1. The van der Waals surface area contributed by atoms with Crippen molar-refractivity contribution in [2.45, 2.75) is 18.9 Å². The summed E-state index contributed by atoms with van der Waals surface area (Å²) in [7, 11) is 0. The normalized spacial score (nSPS) is 20.5. The number of hydrogen-bond acceptors (Lipinski definition) is 4. The van der Waals surface area contributed by atoms with Gasteiger partial charge < -0.3 is 16.4 Å². The quantitative estimate of drug-likeness (QED) is 0.783. The Hall–Kier alpha value is -1.75. The molecule has 1 heterocycles. The van der Waals surface area contributed by atoms with Gasteiger partial charge in [0.25, 0.3) is 5.91 Å². The van der Waals surface area contributed by atoms with Gasteiger partial charge in [0.1, 0.15) is 0 Å². The van der Waals surface area contributed by atoms with E-state index in [-0.39, 0.29) is 0 Å². The third-order valence-electron chi connectivity index (χ3n) is 4.03. The fraction of sp³-hybridized carbons (Fsp3) is 0.500. The van der Waals surface area contributed by atoms with E-state index in [2.05, 4.69) is 9.80 Å². The predicted molar refractivity (Wildman–Crippen MR) is 76.2 cm³/mol. The molecule has 5 nitrogen and oxygen atoms in total. The summed E-state index contributed by atoms with van der Waals surface area (Å²) in [5.74, 6) is -0.410. The zero-order chi connectivity index (χ0) is 13.4. The number of benzene rings is 1. The zero-order valence-corrected chi connectivity index (χ0v) is 11.0. The Balaban J connectivity index is 1.80. The number of rotatable bonds is 3. The largest absolute Gasteiger partial charge is 0.397 e. The molecule has 1 aromatic rings. The van der Waals surface area contributed by atoms with Gasteiger partial charge in [0.15, 0.2) is 0 Å². The molecule has 0 radical (unpaired) electrons. The van der Waals surface area contributed by atoms with Crippen LogP contribution < -0.4 is 16.4 Å². The SMILES string of the molecule is NC(=O)c1cccc(N)c1N1CCN(C2CC2)CC1. The molecule has 102 valence electrons. The number of hydrogen-bond donors (Lipinski definition) is 2. The molecule has 0 unspecified atom stereocenters. The fourth-order valence-electron chi connectivity index (χ4n) is 2.86. The van der Waals surface area contributed by atoms with Gasteiger partial charge in [-0.2, -0.15) is 0 Å². The molecule has 1 amide bonds. The van der Waals surface area contributed by atoms with Crippen LogP contribution in [0.3, 0.4) is 0 Å². The smallest absolute Gasteiger partial charge is 0.250 e. The molecule has 0 atom stereocenters. The molecule has 1 aliphatic carbocycles. The van der Waals surface area contributed by atoms with Gasteiger partial charge in [-0.1, -0.05) is 6.07 Å². The Kier molecular flexibility index (Phi) is 3.06. The third-order valence-corrected chi connectivity index (χ3v) is 4.03. The lowest BCUT2D eigenvalue weighted by atomic mass is 10.1. The molecule has 0 bridgehead atoms. The molecule has 0 spiro atoms. The number of carbonyl (C=O) groups excluding carboxylic acids is 1. The maximum Gasteiger partial charge on any atom is 0.250 e. The Morgan fingerprint density at radius 2 is 1.84 bits per heavy atom. The molecule has 0 aromatic heterocycles. The van der Waals surface area contributed by atoms with Crippen molar-refractivity contribution in [1.82, 2.24) is 4.90 Å². The van der Waals surface area contributed by atoms with Crippen LogP contribution in [0.25, 0.3) is 0 Å². The number of nitrogen functional groups attached to an aromatic ring is 1. The lowest BCUT2D eigenvalue weighted by Crippen LogP contribution is -2.47. The van der Waals surface area contributed by atoms with Crippen LogP contribution in [0.15, 0.2) is 18.2 Å². The van der Waals surface area contributed by atoms with Crippen LogP contribution in [0.5, 0.6) is 0 Å². The molecule has 2 fully saturated rings. The van der Waals surface area contributed by atoms with E-state index < -0.39 is 5.91 Å². The second-order valence-electron chi connectivity index (χ2n) is 5.36. The highest BCUT2D eigenvalue weighted by Gasteiger charge is 2.32. The van der Waals surface area contributed by atoms with Crippen molar-refractivity contribution in [2.24, 2.45) is 5.73 Å². The lowest BCUT2D eigenvalue weighted by Gasteiger charge is -2.37. The van der Waals surface area contributed by atoms with Gasteiger partial charge in [-0.3, -0.25) is 9.69 Å². The second kappa shape index (κ2) is 4.74. The van der Waals surface area contributed by atoms with Gasteiger partial charge in [0.2, 0.25) is 0 Å². The van der Waals surface area contributed by atoms with Gasteiger partial charge in [-0.15, -0.1) is 0 Å². The summed E-state index contributed by atoms with van der Waals surface area (Å²) in [5.41, 5.74) is 13.5. The minimum Gasteiger partial charge on any atom is -0.397 e. The Bertz CT molecular complexity index is 490. The summed E-state index contributed by atoms with van der Waals surface area (Å²) in [6.07, 6.45) is 2.67. The number of para-hydroxylation sites is 1. The molecule has 1 aliphatic heterocycles. The fourth-order valence-corrected chi connectivity index (χ4v) is 2.86. The van der Waals surface area contributed by atoms with E-state index in [4.69, 9.17) is 11.5 Å². The van der Waals surface area contributed by atoms with E-state index in [9.17, 15) is 4.79 Å². The number of nitrogens with two attached hydrogens (primary N) is 2. The number of anilines is 2. The van der Waals surface area contributed by atoms with Crippen LogP contribution in [0.4, 0.5) is 11.4 Å². The van der Waals surface area contributed by atoms with Gasteiger partial charge >= 0.3 is 0 Å². The van der Waals surface area contributed by atoms with Crippen molar-refractivity contribution in [2.75, 3.05) is 36.8 Å². The topological polar surface area (TPSA) is 75.6 Å². The van der Waals surface area contributed by atoms with Crippen molar-refractivity contribution in [3.05, 3.63) is 23.8 Å². The Morgan fingerprint density at radius 1 is 1.16 bits per heavy atom. The van der Waals surface area contributed by atoms with Gasteiger partial charge in [-0.25, -0.2) is 0 Å². The van der Waals surface area contributed by atoms with Gasteiger partial charge in [-0.05, 0) is 25.0 Å². The van der Waals surface area contributed by atoms with E-state index in [0.29, 0.717) is 11.3 Å². The molecule has 3 rings (SSSR count). The lowest BCUT2D eigenvalue weighted by molar-refractivity contribution is 0.100. The van der Waals surface area contributed by atoms with Crippen molar-refractivity contribution in [1.29, 1.82) is 0 Å². The van der Waals surface area contributed by atoms with Crippen LogP contribution in [0.1, 0.15) is 23.2 Å². The molecular weight excluding hydrogens is 240 g/mol. The van der Waals surface area contributed by atoms with Gasteiger partial charge in [0.05, 0.1) is 16.9 Å². The van der Waals surface area contributed by atoms with Crippen molar-refractivity contribution >= 4 is 17.3 Å². The monoisotopic (exact) mass is 260 g/mol. The first kappa shape index (κ1) is 12.3. The highest BCUT2D eigenvalue weighted by Crippen LogP contribution is 2.31. The first-order valence-corrected chi connectivity index (χ1v) is 6.84. The maximum absolute atomic E-state index is 11.5. The summed E-state index contributed by atoms with van der Waals surface area (Å²) in [5, 5.41) is 0. The van der Waals surface area contributed by atoms with Crippen LogP contribution in [0.2, 0.25) is 0 Å². The zero-order valence-electron chi connectivity index (χ0n) is 11.0. The number of primary amides is 1. The predicted octanol–water partition coefficient (Wildman–Crippen LogP) is 0.652. The minimum atomic E-state index is -0.410. The minimum absolute atomic E-state index is 0.410. The molecule has 5 heteroatoms. The van der Waals surface area contributed by atoms with E-state index in [0.717, 1.165) is 37.9 Å². The highest BCUT2D eigenvalue weighted by molar-refractivity contribution is 6.01. The second-order valence-corrected chi connectivity index (χ2v) is 5.36. The first-order valence-electron chi connectivity index (χ1n) is 6.84. The summed E-state index contributed by atoms with van der Waals surface area (Å²) >= 11 is 0. The van der Waals surface area contributed by atoms with Crippen LogP contribution in [0, 0.1) is 0 Å². The number of piperazine rings is 1. The Labute approximate surface area is 113 Å². The number of nitrogens with zero attached hydrogens (tertiary/aromatic N) is 2. The number of amides is 1. The van der Waals surface area contributed by atoms with Crippen LogP contribution >= 0.6 is 0 Å². The summed E-state index contributed by atoms with van der Waals surface area (Å²) < 4.78 is 0.